The highest BCUT2D eigenvalue weighted by molar-refractivity contribution is 5.86. The van der Waals surface area contributed by atoms with Crippen molar-refractivity contribution in [2.24, 2.45) is 5.92 Å². The SMILES string of the molecule is C=CC(=O)NCC(C)C[N+](C)(C)CC.[Br-]. The molecule has 3 nitrogen and oxygen atoms in total. The first-order valence-electron chi connectivity index (χ1n) is 5.13. The largest absolute Gasteiger partial charge is 1.00 e. The molecule has 0 aromatic rings. The number of halogens is 1. The van der Waals surface area contributed by atoms with Gasteiger partial charge in [-0.15, -0.1) is 0 Å². The molecule has 0 saturated heterocycles. The zero-order valence-electron chi connectivity index (χ0n) is 10.2. The van der Waals surface area contributed by atoms with E-state index in [1.54, 1.807) is 0 Å². The fourth-order valence-electron chi connectivity index (χ4n) is 1.38. The van der Waals surface area contributed by atoms with Gasteiger partial charge in [0.15, 0.2) is 0 Å². The average Bonchev–Trinajstić information content (AvgIpc) is 2.13. The fraction of sp³-hybridized carbons (Fsp3) is 0.727. The van der Waals surface area contributed by atoms with Crippen molar-refractivity contribution in [2.75, 3.05) is 33.7 Å². The molecule has 90 valence electrons. The van der Waals surface area contributed by atoms with Gasteiger partial charge >= 0.3 is 0 Å². The first kappa shape index (κ1) is 17.1. The Labute approximate surface area is 104 Å². The molecule has 1 N–H and O–H groups in total. The van der Waals surface area contributed by atoms with Crippen LogP contribution in [0.25, 0.3) is 0 Å². The Morgan fingerprint density at radius 2 is 2.07 bits per heavy atom. The Hall–Kier alpha value is -0.350. The van der Waals surface area contributed by atoms with Gasteiger partial charge in [0.25, 0.3) is 0 Å². The minimum absolute atomic E-state index is 0. The van der Waals surface area contributed by atoms with E-state index in [4.69, 9.17) is 0 Å². The van der Waals surface area contributed by atoms with Crippen LogP contribution in [0.4, 0.5) is 0 Å². The molecule has 0 aliphatic carbocycles. The molecule has 0 radical (unpaired) electrons. The van der Waals surface area contributed by atoms with Gasteiger partial charge in [-0.3, -0.25) is 4.79 Å². The van der Waals surface area contributed by atoms with Crippen molar-refractivity contribution >= 4 is 5.91 Å². The van der Waals surface area contributed by atoms with E-state index >= 15 is 0 Å². The highest BCUT2D eigenvalue weighted by Crippen LogP contribution is 2.03. The molecule has 1 unspecified atom stereocenters. The Morgan fingerprint density at radius 1 is 1.53 bits per heavy atom. The van der Waals surface area contributed by atoms with Crippen molar-refractivity contribution in [1.29, 1.82) is 0 Å². The van der Waals surface area contributed by atoms with Gasteiger partial charge in [0.2, 0.25) is 5.91 Å². The Kier molecular flexibility index (Phi) is 8.96. The first-order chi connectivity index (χ1) is 6.41. The molecule has 1 amide bonds. The van der Waals surface area contributed by atoms with Crippen LogP contribution >= 0.6 is 0 Å². The Balaban J connectivity index is 0. The standard InChI is InChI=1S/C11H22N2O.BrH/c1-6-11(14)12-8-10(3)9-13(4,5)7-2;/h6,10H,1,7-9H2,2-5H3;1H. The molecule has 0 aromatic heterocycles. The summed E-state index contributed by atoms with van der Waals surface area (Å²) in [7, 11) is 4.40. The van der Waals surface area contributed by atoms with Crippen LogP contribution in [0.3, 0.4) is 0 Å². The van der Waals surface area contributed by atoms with Crippen molar-refractivity contribution in [3.63, 3.8) is 0 Å². The molecule has 4 heteroatoms. The van der Waals surface area contributed by atoms with Crippen LogP contribution in [0.2, 0.25) is 0 Å². The van der Waals surface area contributed by atoms with Crippen molar-refractivity contribution in [1.82, 2.24) is 5.32 Å². The molecular formula is C11H23BrN2O. The maximum atomic E-state index is 10.9. The van der Waals surface area contributed by atoms with Crippen LogP contribution in [-0.2, 0) is 4.79 Å². The van der Waals surface area contributed by atoms with Crippen LogP contribution in [0, 0.1) is 5.92 Å². The number of nitrogens with zero attached hydrogens (tertiary/aromatic N) is 1. The van der Waals surface area contributed by atoms with Crippen molar-refractivity contribution < 1.29 is 26.3 Å². The lowest BCUT2D eigenvalue weighted by Crippen LogP contribution is -3.00. The van der Waals surface area contributed by atoms with Crippen LogP contribution in [-0.4, -0.2) is 44.1 Å². The normalized spacial score (nSPS) is 12.5. The van der Waals surface area contributed by atoms with E-state index in [0.717, 1.165) is 24.1 Å². The molecule has 15 heavy (non-hydrogen) atoms. The number of hydrogen-bond donors (Lipinski definition) is 1. The molecular weight excluding hydrogens is 256 g/mol. The van der Waals surface area contributed by atoms with Crippen molar-refractivity contribution in [3.05, 3.63) is 12.7 Å². The summed E-state index contributed by atoms with van der Waals surface area (Å²) in [6.45, 7) is 10.7. The van der Waals surface area contributed by atoms with E-state index in [9.17, 15) is 4.79 Å². The predicted molar refractivity (Wildman–Crippen MR) is 59.9 cm³/mol. The molecule has 0 heterocycles. The number of rotatable bonds is 6. The average molecular weight is 279 g/mol. The molecule has 0 rings (SSSR count). The molecule has 0 aromatic carbocycles. The molecule has 0 fully saturated rings. The van der Waals surface area contributed by atoms with E-state index in [-0.39, 0.29) is 22.9 Å². The highest BCUT2D eigenvalue weighted by Gasteiger charge is 2.16. The summed E-state index contributed by atoms with van der Waals surface area (Å²) in [5.41, 5.74) is 0. The van der Waals surface area contributed by atoms with Gasteiger partial charge in [-0.1, -0.05) is 13.5 Å². The topological polar surface area (TPSA) is 29.1 Å². The zero-order valence-corrected chi connectivity index (χ0v) is 11.8. The smallest absolute Gasteiger partial charge is 0.243 e. The second-order valence-corrected chi connectivity index (χ2v) is 4.49. The maximum Gasteiger partial charge on any atom is 0.243 e. The lowest BCUT2D eigenvalue weighted by Gasteiger charge is -2.31. The van der Waals surface area contributed by atoms with E-state index < -0.39 is 0 Å². The zero-order chi connectivity index (χ0) is 11.2. The van der Waals surface area contributed by atoms with Gasteiger partial charge in [-0.25, -0.2) is 0 Å². The number of hydrogen-bond acceptors (Lipinski definition) is 1. The lowest BCUT2D eigenvalue weighted by atomic mass is 10.1. The van der Waals surface area contributed by atoms with Crippen LogP contribution in [0.15, 0.2) is 12.7 Å². The van der Waals surface area contributed by atoms with Crippen LogP contribution < -0.4 is 22.3 Å². The molecule has 0 spiro atoms. The molecule has 0 bridgehead atoms. The van der Waals surface area contributed by atoms with E-state index in [1.807, 2.05) is 0 Å². The number of amides is 1. The Morgan fingerprint density at radius 3 is 2.47 bits per heavy atom. The minimum Gasteiger partial charge on any atom is -1.00 e. The van der Waals surface area contributed by atoms with Gasteiger partial charge in [0.05, 0.1) is 27.2 Å². The summed E-state index contributed by atoms with van der Waals surface area (Å²) in [6.07, 6.45) is 1.31. The second-order valence-electron chi connectivity index (χ2n) is 4.49. The third-order valence-electron chi connectivity index (χ3n) is 2.47. The summed E-state index contributed by atoms with van der Waals surface area (Å²) in [5, 5.41) is 2.81. The first-order valence-corrected chi connectivity index (χ1v) is 5.13. The number of quaternary nitrogens is 1. The summed E-state index contributed by atoms with van der Waals surface area (Å²) >= 11 is 0. The third-order valence-corrected chi connectivity index (χ3v) is 2.47. The van der Waals surface area contributed by atoms with E-state index in [0.29, 0.717) is 5.92 Å². The van der Waals surface area contributed by atoms with Gasteiger partial charge in [0, 0.05) is 12.5 Å². The fourth-order valence-corrected chi connectivity index (χ4v) is 1.38. The quantitative estimate of drug-likeness (QED) is 0.443. The van der Waals surface area contributed by atoms with Crippen molar-refractivity contribution in [2.45, 2.75) is 13.8 Å². The van der Waals surface area contributed by atoms with E-state index in [2.05, 4.69) is 39.8 Å². The van der Waals surface area contributed by atoms with Gasteiger partial charge in [-0.05, 0) is 13.0 Å². The summed E-state index contributed by atoms with van der Waals surface area (Å²) in [6, 6.07) is 0. The lowest BCUT2D eigenvalue weighted by molar-refractivity contribution is -0.891. The summed E-state index contributed by atoms with van der Waals surface area (Å²) < 4.78 is 0.991. The molecule has 0 aliphatic heterocycles. The maximum absolute atomic E-state index is 10.9. The number of nitrogens with one attached hydrogen (secondary N) is 1. The summed E-state index contributed by atoms with van der Waals surface area (Å²) in [5.74, 6) is 0.410. The molecule has 1 atom stereocenters. The van der Waals surface area contributed by atoms with E-state index in [1.165, 1.54) is 6.08 Å². The van der Waals surface area contributed by atoms with Gasteiger partial charge in [0.1, 0.15) is 0 Å². The number of carbonyl (C=O) groups is 1. The molecule has 0 aliphatic rings. The van der Waals surface area contributed by atoms with Gasteiger partial charge < -0.3 is 26.8 Å². The second kappa shape index (κ2) is 7.88. The number of carbonyl (C=O) groups excluding carboxylic acids is 1. The highest BCUT2D eigenvalue weighted by atomic mass is 79.9. The van der Waals surface area contributed by atoms with Crippen LogP contribution in [0.1, 0.15) is 13.8 Å². The third kappa shape index (κ3) is 8.63. The Bertz CT molecular complexity index is 205. The monoisotopic (exact) mass is 278 g/mol. The van der Waals surface area contributed by atoms with Crippen LogP contribution in [0.5, 0.6) is 0 Å². The van der Waals surface area contributed by atoms with Gasteiger partial charge in [-0.2, -0.15) is 0 Å². The van der Waals surface area contributed by atoms with Crippen molar-refractivity contribution in [3.8, 4) is 0 Å². The minimum atomic E-state index is -0.0846. The predicted octanol–water partition coefficient (Wildman–Crippen LogP) is -1.97. The molecule has 0 saturated carbocycles. The summed E-state index contributed by atoms with van der Waals surface area (Å²) in [4.78, 5) is 10.9.